The quantitative estimate of drug-likeness (QED) is 0.910. The van der Waals surface area contributed by atoms with Crippen molar-refractivity contribution in [2.75, 3.05) is 19.0 Å². The van der Waals surface area contributed by atoms with Crippen molar-refractivity contribution in [1.29, 1.82) is 0 Å². The number of anilines is 1. The van der Waals surface area contributed by atoms with Crippen LogP contribution in [0.3, 0.4) is 0 Å². The van der Waals surface area contributed by atoms with Crippen molar-refractivity contribution in [3.05, 3.63) is 47.3 Å². The lowest BCUT2D eigenvalue weighted by molar-refractivity contribution is 0.564. The van der Waals surface area contributed by atoms with E-state index in [1.54, 1.807) is 6.20 Å². The molecule has 20 heavy (non-hydrogen) atoms. The van der Waals surface area contributed by atoms with E-state index >= 15 is 0 Å². The summed E-state index contributed by atoms with van der Waals surface area (Å²) in [6, 6.07) is 3.46. The second-order valence-corrected chi connectivity index (χ2v) is 4.84. The second kappa shape index (κ2) is 6.00. The molecule has 1 N–H and O–H groups in total. The van der Waals surface area contributed by atoms with Crippen molar-refractivity contribution in [2.24, 2.45) is 7.05 Å². The Balaban J connectivity index is 1.98. The van der Waals surface area contributed by atoms with Crippen LogP contribution in [0, 0.1) is 11.6 Å². The minimum absolute atomic E-state index is 0.270. The highest BCUT2D eigenvalue weighted by Gasteiger charge is 2.08. The van der Waals surface area contributed by atoms with E-state index in [-0.39, 0.29) is 6.54 Å². The Hall–Kier alpha value is -1.95. The van der Waals surface area contributed by atoms with Crippen LogP contribution >= 0.6 is 0 Å². The molecule has 0 bridgehead atoms. The molecule has 0 spiro atoms. The molecule has 0 fully saturated rings. The zero-order valence-electron chi connectivity index (χ0n) is 11.8. The first-order valence-corrected chi connectivity index (χ1v) is 6.31. The van der Waals surface area contributed by atoms with Gasteiger partial charge in [-0.1, -0.05) is 0 Å². The van der Waals surface area contributed by atoms with Crippen LogP contribution in [0.25, 0.3) is 0 Å². The minimum Gasteiger partial charge on any atom is -0.348 e. The molecular formula is C14H18F2N4. The highest BCUT2D eigenvalue weighted by molar-refractivity contribution is 5.31. The van der Waals surface area contributed by atoms with Gasteiger partial charge in [-0.15, -0.1) is 0 Å². The molecule has 1 heterocycles. The van der Waals surface area contributed by atoms with E-state index < -0.39 is 11.6 Å². The molecule has 4 nitrogen and oxygen atoms in total. The summed E-state index contributed by atoms with van der Waals surface area (Å²) in [4.78, 5) is 6.20. The lowest BCUT2D eigenvalue weighted by Crippen LogP contribution is -2.18. The largest absolute Gasteiger partial charge is 0.348 e. The lowest BCUT2D eigenvalue weighted by Gasteiger charge is -2.13. The zero-order chi connectivity index (χ0) is 14.7. The summed E-state index contributed by atoms with van der Waals surface area (Å²) in [5.74, 6) is 0.00949. The van der Waals surface area contributed by atoms with Crippen molar-refractivity contribution >= 4 is 5.95 Å². The van der Waals surface area contributed by atoms with Crippen molar-refractivity contribution in [2.45, 2.75) is 13.1 Å². The fourth-order valence-electron chi connectivity index (χ4n) is 2.02. The summed E-state index contributed by atoms with van der Waals surface area (Å²) >= 11 is 0. The molecule has 0 aliphatic heterocycles. The van der Waals surface area contributed by atoms with Gasteiger partial charge in [-0.2, -0.15) is 0 Å². The van der Waals surface area contributed by atoms with Gasteiger partial charge in [-0.3, -0.25) is 0 Å². The van der Waals surface area contributed by atoms with Gasteiger partial charge >= 0.3 is 0 Å². The SMILES string of the molecule is CN(C)c1ncc(CNCc2cc(F)ccc2F)n1C. The summed E-state index contributed by atoms with van der Waals surface area (Å²) in [7, 11) is 5.76. The van der Waals surface area contributed by atoms with Gasteiger partial charge < -0.3 is 14.8 Å². The van der Waals surface area contributed by atoms with Gasteiger partial charge in [0.15, 0.2) is 0 Å². The number of hydrogen-bond donors (Lipinski definition) is 1. The van der Waals surface area contributed by atoms with Crippen molar-refractivity contribution in [1.82, 2.24) is 14.9 Å². The van der Waals surface area contributed by atoms with Gasteiger partial charge in [0.05, 0.1) is 11.9 Å². The molecular weight excluding hydrogens is 262 g/mol. The average Bonchev–Trinajstić information content (AvgIpc) is 2.75. The predicted molar refractivity (Wildman–Crippen MR) is 74.4 cm³/mol. The van der Waals surface area contributed by atoms with Crippen LogP contribution in [0.2, 0.25) is 0 Å². The number of nitrogens with one attached hydrogen (secondary N) is 1. The molecule has 0 aliphatic carbocycles. The van der Waals surface area contributed by atoms with E-state index in [2.05, 4.69) is 10.3 Å². The maximum Gasteiger partial charge on any atom is 0.204 e. The van der Waals surface area contributed by atoms with Crippen molar-refractivity contribution < 1.29 is 8.78 Å². The molecule has 0 atom stereocenters. The summed E-state index contributed by atoms with van der Waals surface area (Å²) in [5, 5.41) is 3.09. The smallest absolute Gasteiger partial charge is 0.204 e. The van der Waals surface area contributed by atoms with Gasteiger partial charge in [0.25, 0.3) is 0 Å². The van der Waals surface area contributed by atoms with E-state index in [0.717, 1.165) is 23.8 Å². The Morgan fingerprint density at radius 3 is 2.65 bits per heavy atom. The molecule has 0 aliphatic rings. The second-order valence-electron chi connectivity index (χ2n) is 4.84. The first-order valence-electron chi connectivity index (χ1n) is 6.31. The van der Waals surface area contributed by atoms with E-state index in [9.17, 15) is 8.78 Å². The number of imidazole rings is 1. The van der Waals surface area contributed by atoms with E-state index in [1.807, 2.05) is 30.6 Å². The van der Waals surface area contributed by atoms with Gasteiger partial charge in [0.2, 0.25) is 5.95 Å². The fraction of sp³-hybridized carbons (Fsp3) is 0.357. The standard InChI is InChI=1S/C14H18F2N4/c1-19(2)14-18-9-12(20(14)3)8-17-7-10-6-11(15)4-5-13(10)16/h4-6,9,17H,7-8H2,1-3H3. The topological polar surface area (TPSA) is 33.1 Å². The number of halogens is 2. The van der Waals surface area contributed by atoms with Crippen LogP contribution < -0.4 is 10.2 Å². The number of hydrogen-bond acceptors (Lipinski definition) is 3. The molecule has 0 saturated carbocycles. The molecule has 2 aromatic rings. The molecule has 0 amide bonds. The van der Waals surface area contributed by atoms with Crippen LogP contribution in [-0.2, 0) is 20.1 Å². The molecule has 6 heteroatoms. The summed E-state index contributed by atoms with van der Waals surface area (Å²) < 4.78 is 28.4. The molecule has 0 saturated heterocycles. The fourth-order valence-corrected chi connectivity index (χ4v) is 2.02. The highest BCUT2D eigenvalue weighted by atomic mass is 19.1. The highest BCUT2D eigenvalue weighted by Crippen LogP contribution is 2.12. The molecule has 1 aromatic carbocycles. The van der Waals surface area contributed by atoms with E-state index in [1.165, 1.54) is 6.07 Å². The molecule has 0 unspecified atom stereocenters. The first kappa shape index (κ1) is 14.5. The Labute approximate surface area is 117 Å². The van der Waals surface area contributed by atoms with Crippen LogP contribution in [0.4, 0.5) is 14.7 Å². The normalized spacial score (nSPS) is 10.8. The maximum atomic E-state index is 13.5. The third-order valence-corrected chi connectivity index (χ3v) is 3.09. The zero-order valence-corrected chi connectivity index (χ0v) is 11.8. The minimum atomic E-state index is -0.432. The van der Waals surface area contributed by atoms with Gasteiger partial charge in [0, 0.05) is 39.8 Å². The predicted octanol–water partition coefficient (Wildman–Crippen LogP) is 2.05. The van der Waals surface area contributed by atoms with Crippen LogP contribution in [-0.4, -0.2) is 23.6 Å². The molecule has 2 rings (SSSR count). The molecule has 0 radical (unpaired) electrons. The van der Waals surface area contributed by atoms with Gasteiger partial charge in [-0.25, -0.2) is 13.8 Å². The number of benzene rings is 1. The third kappa shape index (κ3) is 3.14. The third-order valence-electron chi connectivity index (χ3n) is 3.09. The lowest BCUT2D eigenvalue weighted by atomic mass is 10.2. The van der Waals surface area contributed by atoms with Crippen molar-refractivity contribution in [3.8, 4) is 0 Å². The van der Waals surface area contributed by atoms with Crippen LogP contribution in [0.15, 0.2) is 24.4 Å². The van der Waals surface area contributed by atoms with Crippen LogP contribution in [0.1, 0.15) is 11.3 Å². The van der Waals surface area contributed by atoms with Crippen molar-refractivity contribution in [3.63, 3.8) is 0 Å². The maximum absolute atomic E-state index is 13.5. The Kier molecular flexibility index (Phi) is 4.34. The van der Waals surface area contributed by atoms with Crippen LogP contribution in [0.5, 0.6) is 0 Å². The summed E-state index contributed by atoms with van der Waals surface area (Å²) in [5.41, 5.74) is 1.30. The van der Waals surface area contributed by atoms with Gasteiger partial charge in [0.1, 0.15) is 11.6 Å². The van der Waals surface area contributed by atoms with E-state index in [4.69, 9.17) is 0 Å². The Bertz CT molecular complexity index is 593. The molecule has 108 valence electrons. The number of nitrogens with zero attached hydrogens (tertiary/aromatic N) is 3. The van der Waals surface area contributed by atoms with E-state index in [0.29, 0.717) is 12.1 Å². The summed E-state index contributed by atoms with van der Waals surface area (Å²) in [6.07, 6.45) is 1.77. The van der Waals surface area contributed by atoms with Gasteiger partial charge in [-0.05, 0) is 18.2 Å². The average molecular weight is 280 g/mol. The molecule has 1 aromatic heterocycles. The Morgan fingerprint density at radius 1 is 1.25 bits per heavy atom. The number of rotatable bonds is 5. The Morgan fingerprint density at radius 2 is 2.00 bits per heavy atom. The monoisotopic (exact) mass is 280 g/mol. The summed E-state index contributed by atoms with van der Waals surface area (Å²) in [6.45, 7) is 0.805. The first-order chi connectivity index (χ1) is 9.49. The number of aromatic nitrogens is 2.